The number of carbonyl (C=O) groups is 2. The Morgan fingerprint density at radius 2 is 1.70 bits per heavy atom. The van der Waals surface area contributed by atoms with Crippen LogP contribution in [0.3, 0.4) is 0 Å². The molecule has 9 heteroatoms. The Morgan fingerprint density at radius 3 is 2.38 bits per heavy atom. The Kier molecular flexibility index (Phi) is 8.90. The molecule has 0 bridgehead atoms. The summed E-state index contributed by atoms with van der Waals surface area (Å²) in [5.41, 5.74) is 1.62. The molecule has 1 N–H and O–H groups in total. The number of anilines is 1. The van der Waals surface area contributed by atoms with E-state index in [0.717, 1.165) is 23.3 Å². The molecule has 0 spiro atoms. The first-order chi connectivity index (χ1) is 18.0. The van der Waals surface area contributed by atoms with E-state index < -0.39 is 0 Å². The maximum absolute atomic E-state index is 13.6. The zero-order valence-corrected chi connectivity index (χ0v) is 22.3. The first-order valence-corrected chi connectivity index (χ1v) is 13.1. The van der Waals surface area contributed by atoms with Crippen molar-refractivity contribution in [1.29, 1.82) is 0 Å². The zero-order valence-electron chi connectivity index (χ0n) is 21.4. The number of nitrogens with zero attached hydrogens (tertiary/aromatic N) is 2. The van der Waals surface area contributed by atoms with Crippen LogP contribution in [0.25, 0.3) is 0 Å². The lowest BCUT2D eigenvalue weighted by Crippen LogP contribution is -2.45. The molecule has 0 saturated heterocycles. The van der Waals surface area contributed by atoms with Crippen LogP contribution in [0.2, 0.25) is 0 Å². The first-order valence-electron chi connectivity index (χ1n) is 12.2. The fourth-order valence-electron chi connectivity index (χ4n) is 4.12. The molecule has 0 atom stereocenters. The summed E-state index contributed by atoms with van der Waals surface area (Å²) in [6.45, 7) is 1.03. The van der Waals surface area contributed by atoms with Gasteiger partial charge in [-0.25, -0.2) is 4.79 Å². The highest BCUT2D eigenvalue weighted by Crippen LogP contribution is 2.30. The van der Waals surface area contributed by atoms with Gasteiger partial charge in [0.15, 0.2) is 11.5 Å². The number of hydrogen-bond acceptors (Lipinski definition) is 6. The number of amides is 3. The van der Waals surface area contributed by atoms with E-state index in [4.69, 9.17) is 14.2 Å². The highest BCUT2D eigenvalue weighted by atomic mass is 32.1. The number of benzene rings is 2. The van der Waals surface area contributed by atoms with Crippen LogP contribution in [0.1, 0.15) is 23.3 Å². The summed E-state index contributed by atoms with van der Waals surface area (Å²) < 4.78 is 16.1. The average Bonchev–Trinajstić information content (AvgIpc) is 3.63. The van der Waals surface area contributed by atoms with Gasteiger partial charge in [-0.05, 0) is 60.5 Å². The predicted molar refractivity (Wildman–Crippen MR) is 145 cm³/mol. The third-order valence-corrected chi connectivity index (χ3v) is 7.16. The summed E-state index contributed by atoms with van der Waals surface area (Å²) in [5, 5.41) is 4.93. The molecule has 8 nitrogen and oxygen atoms in total. The molecule has 196 valence electrons. The van der Waals surface area contributed by atoms with Crippen molar-refractivity contribution in [2.45, 2.75) is 31.8 Å². The highest BCUT2D eigenvalue weighted by molar-refractivity contribution is 7.09. The Balaban J connectivity index is 1.46. The van der Waals surface area contributed by atoms with Crippen molar-refractivity contribution in [1.82, 2.24) is 9.80 Å². The average molecular weight is 524 g/mol. The number of hydrogen-bond donors (Lipinski definition) is 1. The SMILES string of the molecule is COc1ccccc1NC(=O)N(CC(=O)N(CCc1ccc(OC)c(OC)c1)Cc1cccs1)C1CC1. The van der Waals surface area contributed by atoms with Crippen molar-refractivity contribution in [3.63, 3.8) is 0 Å². The van der Waals surface area contributed by atoms with Gasteiger partial charge in [-0.1, -0.05) is 24.3 Å². The van der Waals surface area contributed by atoms with Crippen molar-refractivity contribution in [3.8, 4) is 17.2 Å². The summed E-state index contributed by atoms with van der Waals surface area (Å²) in [7, 11) is 4.78. The standard InChI is InChI=1S/C28H33N3O5S/c1-34-24-9-5-4-8-23(24)29-28(33)31(21-11-12-21)19-27(32)30(18-22-7-6-16-37-22)15-14-20-10-13-25(35-2)26(17-20)36-3/h4-10,13,16-17,21H,11-12,14-15,18-19H2,1-3H3,(H,29,33). The number of carbonyl (C=O) groups excluding carboxylic acids is 2. The molecule has 1 aromatic heterocycles. The summed E-state index contributed by atoms with van der Waals surface area (Å²) in [6, 6.07) is 16.8. The van der Waals surface area contributed by atoms with E-state index in [-0.39, 0.29) is 24.5 Å². The number of thiophene rings is 1. The monoisotopic (exact) mass is 523 g/mol. The van der Waals surface area contributed by atoms with Crippen molar-refractivity contribution >= 4 is 29.0 Å². The van der Waals surface area contributed by atoms with Crippen LogP contribution in [-0.2, 0) is 17.8 Å². The molecule has 0 unspecified atom stereocenters. The quantitative estimate of drug-likeness (QED) is 0.360. The van der Waals surface area contributed by atoms with E-state index in [1.54, 1.807) is 49.7 Å². The van der Waals surface area contributed by atoms with Crippen molar-refractivity contribution in [2.75, 3.05) is 39.7 Å². The smallest absolute Gasteiger partial charge is 0.322 e. The lowest BCUT2D eigenvalue weighted by atomic mass is 10.1. The Morgan fingerprint density at radius 1 is 0.946 bits per heavy atom. The number of methoxy groups -OCH3 is 3. The fraction of sp³-hybridized carbons (Fsp3) is 0.357. The molecule has 1 aliphatic carbocycles. The highest BCUT2D eigenvalue weighted by Gasteiger charge is 2.35. The summed E-state index contributed by atoms with van der Waals surface area (Å²) in [6.07, 6.45) is 2.43. The lowest BCUT2D eigenvalue weighted by molar-refractivity contribution is -0.132. The van der Waals surface area contributed by atoms with E-state index in [9.17, 15) is 9.59 Å². The summed E-state index contributed by atoms with van der Waals surface area (Å²) in [4.78, 5) is 31.4. The maximum atomic E-state index is 13.6. The fourth-order valence-corrected chi connectivity index (χ4v) is 4.84. The minimum Gasteiger partial charge on any atom is -0.495 e. The molecule has 4 rings (SSSR count). The van der Waals surface area contributed by atoms with Gasteiger partial charge in [-0.3, -0.25) is 4.79 Å². The van der Waals surface area contributed by atoms with Crippen LogP contribution in [0.15, 0.2) is 60.0 Å². The van der Waals surface area contributed by atoms with E-state index in [2.05, 4.69) is 5.32 Å². The molecule has 1 aliphatic rings. The number of ether oxygens (including phenoxy) is 3. The second-order valence-corrected chi connectivity index (χ2v) is 9.86. The first kappa shape index (κ1) is 26.3. The molecular formula is C28H33N3O5S. The number of para-hydroxylation sites is 2. The van der Waals surface area contributed by atoms with Crippen molar-refractivity contribution in [3.05, 3.63) is 70.4 Å². The maximum Gasteiger partial charge on any atom is 0.322 e. The number of nitrogens with one attached hydrogen (secondary N) is 1. The largest absolute Gasteiger partial charge is 0.495 e. The Bertz CT molecular complexity index is 1200. The Hall–Kier alpha value is -3.72. The third-order valence-electron chi connectivity index (χ3n) is 6.30. The Labute approximate surface area is 221 Å². The topological polar surface area (TPSA) is 80.3 Å². The number of rotatable bonds is 12. The van der Waals surface area contributed by atoms with E-state index in [0.29, 0.717) is 42.4 Å². The minimum absolute atomic E-state index is 0.0168. The van der Waals surface area contributed by atoms with E-state index in [1.807, 2.05) is 52.7 Å². The molecule has 1 fully saturated rings. The van der Waals surface area contributed by atoms with Gasteiger partial charge in [-0.15, -0.1) is 11.3 Å². The van der Waals surface area contributed by atoms with Gasteiger partial charge in [0.1, 0.15) is 12.3 Å². The van der Waals surface area contributed by atoms with Gasteiger partial charge in [0, 0.05) is 17.5 Å². The normalized spacial score (nSPS) is 12.5. The molecule has 1 saturated carbocycles. The van der Waals surface area contributed by atoms with Crippen molar-refractivity contribution in [2.24, 2.45) is 0 Å². The van der Waals surface area contributed by atoms with E-state index >= 15 is 0 Å². The lowest BCUT2D eigenvalue weighted by Gasteiger charge is -2.28. The van der Waals surface area contributed by atoms with Gasteiger partial charge < -0.3 is 29.3 Å². The molecule has 0 radical (unpaired) electrons. The zero-order chi connectivity index (χ0) is 26.2. The summed E-state index contributed by atoms with van der Waals surface area (Å²) in [5.74, 6) is 1.81. The second kappa shape index (κ2) is 12.5. The minimum atomic E-state index is -0.295. The van der Waals surface area contributed by atoms with Crippen LogP contribution in [0, 0.1) is 0 Å². The molecule has 3 amide bonds. The van der Waals surface area contributed by atoms with Crippen LogP contribution >= 0.6 is 11.3 Å². The molecule has 1 heterocycles. The van der Waals surface area contributed by atoms with Crippen LogP contribution in [0.5, 0.6) is 17.2 Å². The van der Waals surface area contributed by atoms with Gasteiger partial charge in [0.2, 0.25) is 5.91 Å². The van der Waals surface area contributed by atoms with Gasteiger partial charge in [0.25, 0.3) is 0 Å². The van der Waals surface area contributed by atoms with Gasteiger partial charge in [0.05, 0.1) is 33.6 Å². The molecule has 37 heavy (non-hydrogen) atoms. The summed E-state index contributed by atoms with van der Waals surface area (Å²) >= 11 is 1.61. The third kappa shape index (κ3) is 6.95. The predicted octanol–water partition coefficient (Wildman–Crippen LogP) is 5.04. The molecule has 0 aliphatic heterocycles. The van der Waals surface area contributed by atoms with Gasteiger partial charge >= 0.3 is 6.03 Å². The molecule has 3 aromatic rings. The van der Waals surface area contributed by atoms with Crippen LogP contribution < -0.4 is 19.5 Å². The second-order valence-electron chi connectivity index (χ2n) is 8.82. The van der Waals surface area contributed by atoms with Crippen LogP contribution in [-0.4, -0.2) is 62.2 Å². The number of urea groups is 1. The molecule has 2 aromatic carbocycles. The van der Waals surface area contributed by atoms with E-state index in [1.165, 1.54) is 0 Å². The van der Waals surface area contributed by atoms with Gasteiger partial charge in [-0.2, -0.15) is 0 Å². The van der Waals surface area contributed by atoms with Crippen molar-refractivity contribution < 1.29 is 23.8 Å². The van der Waals surface area contributed by atoms with Crippen LogP contribution in [0.4, 0.5) is 10.5 Å². The molecular weight excluding hydrogens is 490 g/mol.